The van der Waals surface area contributed by atoms with Gasteiger partial charge in [0.25, 0.3) is 0 Å². The number of fused-ring (bicyclic) bond motifs is 2. The van der Waals surface area contributed by atoms with Crippen molar-refractivity contribution in [1.82, 2.24) is 0 Å². The van der Waals surface area contributed by atoms with Crippen molar-refractivity contribution in [2.45, 2.75) is 13.8 Å². The predicted molar refractivity (Wildman–Crippen MR) is 103 cm³/mol. The first-order valence-corrected chi connectivity index (χ1v) is 8.34. The molecular weight excluding hydrogens is 308 g/mol. The number of ether oxygens (including phenoxy) is 1. The summed E-state index contributed by atoms with van der Waals surface area (Å²) in [6.07, 6.45) is 0. The van der Waals surface area contributed by atoms with Gasteiger partial charge in [-0.1, -0.05) is 66.7 Å². The van der Waals surface area contributed by atoms with Crippen molar-refractivity contribution in [2.24, 2.45) is 0 Å². The zero-order valence-electron chi connectivity index (χ0n) is 14.2. The molecule has 4 aromatic rings. The van der Waals surface area contributed by atoms with Crippen LogP contribution in [0.1, 0.15) is 12.5 Å². The summed E-state index contributed by atoms with van der Waals surface area (Å²) in [6.45, 7) is 3.54. The highest BCUT2D eigenvalue weighted by Gasteiger charge is 2.17. The molecule has 0 bridgehead atoms. The van der Waals surface area contributed by atoms with Gasteiger partial charge in [-0.15, -0.1) is 0 Å². The van der Waals surface area contributed by atoms with Crippen molar-refractivity contribution in [2.75, 3.05) is 0 Å². The van der Waals surface area contributed by atoms with Gasteiger partial charge in [0, 0.05) is 12.5 Å². The van der Waals surface area contributed by atoms with Gasteiger partial charge in [0.15, 0.2) is 0 Å². The Bertz CT molecular complexity index is 1110. The molecule has 0 aliphatic rings. The summed E-state index contributed by atoms with van der Waals surface area (Å²) in [6, 6.07) is 24.7. The first kappa shape index (κ1) is 15.4. The van der Waals surface area contributed by atoms with E-state index >= 15 is 0 Å². The summed E-state index contributed by atoms with van der Waals surface area (Å²) >= 11 is 0. The van der Waals surface area contributed by atoms with E-state index in [2.05, 4.69) is 43.3 Å². The standard InChI is InChI=1S/C23H18O2/c1-15-11-12-17-7-3-5-9-19(17)22(15)23-20-10-6-4-8-18(20)13-14-21(23)25-16(2)24/h3-14H,1-2H3. The summed E-state index contributed by atoms with van der Waals surface area (Å²) in [5.74, 6) is 0.292. The lowest BCUT2D eigenvalue weighted by atomic mass is 9.90. The molecule has 0 aliphatic carbocycles. The number of rotatable bonds is 2. The van der Waals surface area contributed by atoms with Crippen LogP contribution >= 0.6 is 0 Å². The second-order valence-electron chi connectivity index (χ2n) is 6.23. The quantitative estimate of drug-likeness (QED) is 0.339. The Morgan fingerprint density at radius 2 is 1.28 bits per heavy atom. The second kappa shape index (κ2) is 6.06. The maximum absolute atomic E-state index is 11.7. The van der Waals surface area contributed by atoms with Crippen molar-refractivity contribution < 1.29 is 9.53 Å². The van der Waals surface area contributed by atoms with E-state index in [9.17, 15) is 4.79 Å². The van der Waals surface area contributed by atoms with Crippen LogP contribution in [0.15, 0.2) is 72.8 Å². The van der Waals surface area contributed by atoms with Gasteiger partial charge in [-0.2, -0.15) is 0 Å². The minimum absolute atomic E-state index is 0.311. The fourth-order valence-corrected chi connectivity index (χ4v) is 3.46. The number of benzene rings is 4. The van der Waals surface area contributed by atoms with Crippen LogP contribution < -0.4 is 4.74 Å². The molecular formula is C23H18O2. The van der Waals surface area contributed by atoms with Crippen molar-refractivity contribution in [3.05, 3.63) is 78.4 Å². The molecule has 0 aliphatic heterocycles. The molecule has 2 heteroatoms. The number of carbonyl (C=O) groups is 1. The molecule has 0 spiro atoms. The molecule has 0 atom stereocenters. The monoisotopic (exact) mass is 326 g/mol. The molecule has 0 amide bonds. The van der Waals surface area contributed by atoms with E-state index in [4.69, 9.17) is 4.74 Å². The normalized spacial score (nSPS) is 11.0. The molecule has 4 aromatic carbocycles. The van der Waals surface area contributed by atoms with E-state index in [1.165, 1.54) is 12.3 Å². The fourth-order valence-electron chi connectivity index (χ4n) is 3.46. The Hall–Kier alpha value is -3.13. The molecule has 25 heavy (non-hydrogen) atoms. The van der Waals surface area contributed by atoms with Gasteiger partial charge in [-0.3, -0.25) is 4.79 Å². The minimum atomic E-state index is -0.311. The van der Waals surface area contributed by atoms with E-state index in [0.29, 0.717) is 5.75 Å². The number of hydrogen-bond donors (Lipinski definition) is 0. The first-order valence-electron chi connectivity index (χ1n) is 8.34. The minimum Gasteiger partial charge on any atom is -0.426 e. The highest BCUT2D eigenvalue weighted by atomic mass is 16.5. The average molecular weight is 326 g/mol. The summed E-state index contributed by atoms with van der Waals surface area (Å²) in [4.78, 5) is 11.7. The molecule has 0 radical (unpaired) electrons. The van der Waals surface area contributed by atoms with Gasteiger partial charge in [0.05, 0.1) is 0 Å². The second-order valence-corrected chi connectivity index (χ2v) is 6.23. The van der Waals surface area contributed by atoms with E-state index in [-0.39, 0.29) is 5.97 Å². The summed E-state index contributed by atoms with van der Waals surface area (Å²) in [5.41, 5.74) is 3.25. The summed E-state index contributed by atoms with van der Waals surface area (Å²) in [7, 11) is 0. The number of hydrogen-bond acceptors (Lipinski definition) is 2. The predicted octanol–water partition coefficient (Wildman–Crippen LogP) is 5.89. The summed E-state index contributed by atoms with van der Waals surface area (Å²) < 4.78 is 5.57. The maximum Gasteiger partial charge on any atom is 0.308 e. The van der Waals surface area contributed by atoms with Crippen LogP contribution in [0.25, 0.3) is 32.7 Å². The fraction of sp³-hybridized carbons (Fsp3) is 0.0870. The van der Waals surface area contributed by atoms with E-state index in [1.54, 1.807) is 0 Å². The molecule has 0 heterocycles. The molecule has 2 nitrogen and oxygen atoms in total. The third-order valence-electron chi connectivity index (χ3n) is 4.53. The third kappa shape index (κ3) is 2.66. The van der Waals surface area contributed by atoms with Gasteiger partial charge in [-0.25, -0.2) is 0 Å². The highest BCUT2D eigenvalue weighted by molar-refractivity contribution is 6.09. The van der Waals surface area contributed by atoms with Crippen LogP contribution in [0.5, 0.6) is 5.75 Å². The lowest BCUT2D eigenvalue weighted by Gasteiger charge is -2.17. The largest absolute Gasteiger partial charge is 0.426 e. The van der Waals surface area contributed by atoms with Gasteiger partial charge < -0.3 is 4.74 Å². The lowest BCUT2D eigenvalue weighted by Crippen LogP contribution is -2.03. The number of carbonyl (C=O) groups excluding carboxylic acids is 1. The Morgan fingerprint density at radius 3 is 1.92 bits per heavy atom. The Labute approximate surface area is 146 Å². The van der Waals surface area contributed by atoms with Crippen molar-refractivity contribution in [3.8, 4) is 16.9 Å². The first-order chi connectivity index (χ1) is 12.1. The van der Waals surface area contributed by atoms with Crippen LogP contribution in [0.3, 0.4) is 0 Å². The number of esters is 1. The Balaban J connectivity index is 2.16. The smallest absolute Gasteiger partial charge is 0.308 e. The lowest BCUT2D eigenvalue weighted by molar-refractivity contribution is -0.131. The van der Waals surface area contributed by atoms with Crippen molar-refractivity contribution >= 4 is 27.5 Å². The van der Waals surface area contributed by atoms with Crippen LogP contribution in [0, 0.1) is 6.92 Å². The topological polar surface area (TPSA) is 26.3 Å². The van der Waals surface area contributed by atoms with Gasteiger partial charge in [0.1, 0.15) is 5.75 Å². The SMILES string of the molecule is CC(=O)Oc1ccc2ccccc2c1-c1c(C)ccc2ccccc12. The zero-order valence-corrected chi connectivity index (χ0v) is 14.2. The van der Waals surface area contributed by atoms with Crippen molar-refractivity contribution in [3.63, 3.8) is 0 Å². The third-order valence-corrected chi connectivity index (χ3v) is 4.53. The molecule has 0 saturated heterocycles. The molecule has 0 saturated carbocycles. The molecule has 4 rings (SSSR count). The van der Waals surface area contributed by atoms with Crippen molar-refractivity contribution in [1.29, 1.82) is 0 Å². The van der Waals surface area contributed by atoms with Gasteiger partial charge in [0.2, 0.25) is 0 Å². The van der Waals surface area contributed by atoms with Crippen LogP contribution in [-0.4, -0.2) is 5.97 Å². The summed E-state index contributed by atoms with van der Waals surface area (Å²) in [5, 5.41) is 4.54. The number of aryl methyl sites for hydroxylation is 1. The van der Waals surface area contributed by atoms with E-state index in [1.807, 2.05) is 36.4 Å². The average Bonchev–Trinajstić information content (AvgIpc) is 2.62. The van der Waals surface area contributed by atoms with E-state index in [0.717, 1.165) is 32.8 Å². The van der Waals surface area contributed by atoms with Crippen LogP contribution in [0.4, 0.5) is 0 Å². The van der Waals surface area contributed by atoms with E-state index < -0.39 is 0 Å². The van der Waals surface area contributed by atoms with Gasteiger partial charge in [-0.05, 0) is 45.7 Å². The molecule has 0 aromatic heterocycles. The van der Waals surface area contributed by atoms with Crippen LogP contribution in [-0.2, 0) is 4.79 Å². The zero-order chi connectivity index (χ0) is 17.4. The van der Waals surface area contributed by atoms with Gasteiger partial charge >= 0.3 is 5.97 Å². The Kier molecular flexibility index (Phi) is 3.73. The molecule has 0 unspecified atom stereocenters. The maximum atomic E-state index is 11.7. The molecule has 0 fully saturated rings. The molecule has 122 valence electrons. The highest BCUT2D eigenvalue weighted by Crippen LogP contribution is 2.42. The van der Waals surface area contributed by atoms with Crippen LogP contribution in [0.2, 0.25) is 0 Å². The Morgan fingerprint density at radius 1 is 0.720 bits per heavy atom. The molecule has 0 N–H and O–H groups in total.